The largest absolute Gasteiger partial charge is 0.359 e. The van der Waals surface area contributed by atoms with Gasteiger partial charge in [-0.15, -0.1) is 0 Å². The fourth-order valence-electron chi connectivity index (χ4n) is 3.79. The summed E-state index contributed by atoms with van der Waals surface area (Å²) in [5.41, 5.74) is 2.25. The fourth-order valence-corrected chi connectivity index (χ4v) is 3.79. The second kappa shape index (κ2) is 11.8. The van der Waals surface area contributed by atoms with Crippen LogP contribution in [-0.4, -0.2) is 62.2 Å². The first-order valence-corrected chi connectivity index (χ1v) is 10.9. The number of anilines is 1. The molecule has 7 nitrogen and oxygen atoms in total. The summed E-state index contributed by atoms with van der Waals surface area (Å²) < 4.78 is 10.7. The Hall–Kier alpha value is -2.45. The zero-order valence-electron chi connectivity index (χ0n) is 18.4. The summed E-state index contributed by atoms with van der Waals surface area (Å²) in [6, 6.07) is 16.8. The minimum absolute atomic E-state index is 0.100. The lowest BCUT2D eigenvalue weighted by atomic mass is 10.0. The van der Waals surface area contributed by atoms with E-state index in [2.05, 4.69) is 10.2 Å². The van der Waals surface area contributed by atoms with Gasteiger partial charge in [0.15, 0.2) is 0 Å². The Kier molecular flexibility index (Phi) is 8.85. The summed E-state index contributed by atoms with van der Waals surface area (Å²) in [5, 5.41) is 15.3. The van der Waals surface area contributed by atoms with E-state index in [1.54, 1.807) is 31.4 Å². The second-order valence-corrected chi connectivity index (χ2v) is 7.82. The van der Waals surface area contributed by atoms with Crippen molar-refractivity contribution >= 4 is 11.6 Å². The molecule has 1 aliphatic heterocycles. The van der Waals surface area contributed by atoms with Gasteiger partial charge in [-0.05, 0) is 42.7 Å². The summed E-state index contributed by atoms with van der Waals surface area (Å²) in [4.78, 5) is 14.5. The SMILES string of the molecule is CCCNC(=O)c1ccc(N(O)[C@H](CN2CC[C@H](OCOC)C2)c2ccccc2)cc1. The molecule has 1 aliphatic rings. The molecule has 0 aromatic heterocycles. The van der Waals surface area contributed by atoms with E-state index in [4.69, 9.17) is 9.47 Å². The molecule has 0 saturated carbocycles. The highest BCUT2D eigenvalue weighted by Gasteiger charge is 2.28. The Morgan fingerprint density at radius 1 is 1.23 bits per heavy atom. The van der Waals surface area contributed by atoms with Crippen molar-refractivity contribution in [2.75, 3.05) is 45.1 Å². The molecule has 168 valence electrons. The third kappa shape index (κ3) is 6.51. The van der Waals surface area contributed by atoms with Crippen LogP contribution in [0, 0.1) is 0 Å². The number of rotatable bonds is 11. The van der Waals surface area contributed by atoms with E-state index in [9.17, 15) is 10.0 Å². The number of carbonyl (C=O) groups is 1. The topological polar surface area (TPSA) is 74.3 Å². The number of ether oxygens (including phenoxy) is 2. The maximum absolute atomic E-state index is 12.2. The van der Waals surface area contributed by atoms with Crippen molar-refractivity contribution in [2.45, 2.75) is 31.9 Å². The first kappa shape index (κ1) is 23.2. The van der Waals surface area contributed by atoms with E-state index in [0.29, 0.717) is 31.1 Å². The highest BCUT2D eigenvalue weighted by molar-refractivity contribution is 5.94. The molecule has 2 aromatic rings. The molecule has 0 unspecified atom stereocenters. The van der Waals surface area contributed by atoms with Crippen LogP contribution < -0.4 is 10.4 Å². The molecule has 2 atom stereocenters. The van der Waals surface area contributed by atoms with Crippen LogP contribution in [0.15, 0.2) is 54.6 Å². The van der Waals surface area contributed by atoms with Gasteiger partial charge in [-0.3, -0.25) is 14.9 Å². The minimum Gasteiger partial charge on any atom is -0.359 e. The molecule has 0 spiro atoms. The highest BCUT2D eigenvalue weighted by atomic mass is 16.7. The number of carbonyl (C=O) groups excluding carboxylic acids is 1. The molecule has 0 radical (unpaired) electrons. The van der Waals surface area contributed by atoms with Gasteiger partial charge in [-0.25, -0.2) is 5.06 Å². The molecule has 1 fully saturated rings. The van der Waals surface area contributed by atoms with Crippen molar-refractivity contribution in [1.82, 2.24) is 10.2 Å². The average molecular weight is 428 g/mol. The van der Waals surface area contributed by atoms with Crippen LogP contribution in [0.5, 0.6) is 0 Å². The van der Waals surface area contributed by atoms with Crippen LogP contribution in [0.3, 0.4) is 0 Å². The van der Waals surface area contributed by atoms with E-state index < -0.39 is 0 Å². The summed E-state index contributed by atoms with van der Waals surface area (Å²) in [5.74, 6) is -0.100. The molecule has 1 heterocycles. The van der Waals surface area contributed by atoms with Crippen LogP contribution in [0.1, 0.15) is 41.7 Å². The molecule has 2 N–H and O–H groups in total. The standard InChI is InChI=1S/C24H33N3O4/c1-3-14-25-24(28)20-9-11-21(12-10-20)27(29)23(19-7-5-4-6-8-19)17-26-15-13-22(16-26)31-18-30-2/h4-12,22-23,29H,3,13-18H2,1-2H3,(H,25,28)/t22-,23+/m0/s1. The third-order valence-electron chi connectivity index (χ3n) is 5.49. The van der Waals surface area contributed by atoms with E-state index >= 15 is 0 Å². The number of likely N-dealkylation sites (tertiary alicyclic amines) is 1. The Morgan fingerprint density at radius 2 is 1.97 bits per heavy atom. The Morgan fingerprint density at radius 3 is 2.65 bits per heavy atom. The molecule has 31 heavy (non-hydrogen) atoms. The predicted octanol–water partition coefficient (Wildman–Crippen LogP) is 3.46. The number of nitrogens with zero attached hydrogens (tertiary/aromatic N) is 2. The number of amides is 1. The van der Waals surface area contributed by atoms with Gasteiger partial charge in [0, 0.05) is 38.9 Å². The van der Waals surface area contributed by atoms with Crippen LogP contribution in [0.25, 0.3) is 0 Å². The number of hydroxylamine groups is 1. The molecule has 0 aliphatic carbocycles. The normalized spacial score (nSPS) is 17.5. The quantitative estimate of drug-likeness (QED) is 0.423. The van der Waals surface area contributed by atoms with Gasteiger partial charge < -0.3 is 14.8 Å². The van der Waals surface area contributed by atoms with Gasteiger partial charge in [0.2, 0.25) is 0 Å². The van der Waals surface area contributed by atoms with Gasteiger partial charge >= 0.3 is 0 Å². The zero-order chi connectivity index (χ0) is 22.1. The van der Waals surface area contributed by atoms with E-state index in [1.807, 2.05) is 37.3 Å². The molecule has 0 bridgehead atoms. The zero-order valence-corrected chi connectivity index (χ0v) is 18.4. The molecule has 3 rings (SSSR count). The number of hydrogen-bond donors (Lipinski definition) is 2. The van der Waals surface area contributed by atoms with Crippen molar-refractivity contribution in [1.29, 1.82) is 0 Å². The van der Waals surface area contributed by atoms with Crippen LogP contribution >= 0.6 is 0 Å². The first-order chi connectivity index (χ1) is 15.1. The van der Waals surface area contributed by atoms with Gasteiger partial charge in [0.05, 0.1) is 17.8 Å². The van der Waals surface area contributed by atoms with Crippen molar-refractivity contribution in [3.63, 3.8) is 0 Å². The number of hydrogen-bond acceptors (Lipinski definition) is 6. The van der Waals surface area contributed by atoms with Gasteiger partial charge in [0.1, 0.15) is 6.79 Å². The van der Waals surface area contributed by atoms with Gasteiger partial charge in [0.25, 0.3) is 5.91 Å². The molecule has 1 amide bonds. The van der Waals surface area contributed by atoms with Crippen molar-refractivity contribution in [3.8, 4) is 0 Å². The smallest absolute Gasteiger partial charge is 0.251 e. The molecule has 1 saturated heterocycles. The lowest BCUT2D eigenvalue weighted by Crippen LogP contribution is -2.36. The van der Waals surface area contributed by atoms with Gasteiger partial charge in [-0.2, -0.15) is 0 Å². The molecule has 2 aromatic carbocycles. The highest BCUT2D eigenvalue weighted by Crippen LogP contribution is 2.28. The maximum Gasteiger partial charge on any atom is 0.251 e. The van der Waals surface area contributed by atoms with Crippen LogP contribution in [0.2, 0.25) is 0 Å². The van der Waals surface area contributed by atoms with Crippen LogP contribution in [0.4, 0.5) is 5.69 Å². The Balaban J connectivity index is 1.71. The Labute approximate surface area is 184 Å². The third-order valence-corrected chi connectivity index (χ3v) is 5.49. The Bertz CT molecular complexity index is 800. The number of benzene rings is 2. The molecular weight excluding hydrogens is 394 g/mol. The van der Waals surface area contributed by atoms with Crippen LogP contribution in [-0.2, 0) is 9.47 Å². The predicted molar refractivity (Wildman–Crippen MR) is 120 cm³/mol. The maximum atomic E-state index is 12.2. The summed E-state index contributed by atoms with van der Waals surface area (Å²) in [6.45, 7) is 5.33. The van der Waals surface area contributed by atoms with Gasteiger partial charge in [-0.1, -0.05) is 37.3 Å². The second-order valence-electron chi connectivity index (χ2n) is 7.82. The monoisotopic (exact) mass is 427 g/mol. The first-order valence-electron chi connectivity index (χ1n) is 10.9. The molecule has 7 heteroatoms. The lowest BCUT2D eigenvalue weighted by molar-refractivity contribution is -0.0672. The van der Waals surface area contributed by atoms with Crippen molar-refractivity contribution < 1.29 is 19.5 Å². The summed E-state index contributed by atoms with van der Waals surface area (Å²) in [6.07, 6.45) is 1.98. The van der Waals surface area contributed by atoms with Crippen molar-refractivity contribution in [2.24, 2.45) is 0 Å². The fraction of sp³-hybridized carbons (Fsp3) is 0.458. The van der Waals surface area contributed by atoms with E-state index in [1.165, 1.54) is 5.06 Å². The van der Waals surface area contributed by atoms with E-state index in [0.717, 1.165) is 31.5 Å². The minimum atomic E-state index is -0.248. The number of methoxy groups -OCH3 is 1. The number of nitrogens with one attached hydrogen (secondary N) is 1. The molecular formula is C24H33N3O4. The van der Waals surface area contributed by atoms with Crippen molar-refractivity contribution in [3.05, 3.63) is 65.7 Å². The lowest BCUT2D eigenvalue weighted by Gasteiger charge is -2.31. The van der Waals surface area contributed by atoms with E-state index in [-0.39, 0.29) is 18.1 Å². The summed E-state index contributed by atoms with van der Waals surface area (Å²) >= 11 is 0. The average Bonchev–Trinajstić information content (AvgIpc) is 3.27. The summed E-state index contributed by atoms with van der Waals surface area (Å²) in [7, 11) is 1.63.